The molecule has 0 radical (unpaired) electrons. The third kappa shape index (κ3) is 5.30. The van der Waals surface area contributed by atoms with Crippen LogP contribution >= 0.6 is 12.4 Å². The summed E-state index contributed by atoms with van der Waals surface area (Å²) >= 11 is 0. The molecule has 1 aliphatic heterocycles. The Morgan fingerprint density at radius 1 is 1.46 bits per heavy atom. The molecule has 1 aliphatic rings. The van der Waals surface area contributed by atoms with Crippen LogP contribution in [0.15, 0.2) is 23.1 Å². The fourth-order valence-electron chi connectivity index (χ4n) is 2.64. The number of halogens is 1. The van der Waals surface area contributed by atoms with Crippen molar-refractivity contribution in [3.05, 3.63) is 28.3 Å². The number of nitro groups is 1. The molecule has 1 unspecified atom stereocenters. The summed E-state index contributed by atoms with van der Waals surface area (Å²) in [5, 5.41) is 14.4. The first-order valence-corrected chi connectivity index (χ1v) is 8.95. The van der Waals surface area contributed by atoms with E-state index in [4.69, 9.17) is 4.74 Å². The number of benzene rings is 1. The molecule has 1 aromatic rings. The molecule has 10 heteroatoms. The summed E-state index contributed by atoms with van der Waals surface area (Å²) in [6.07, 6.45) is 2.86. The van der Waals surface area contributed by atoms with Crippen molar-refractivity contribution < 1.29 is 18.1 Å². The van der Waals surface area contributed by atoms with Crippen LogP contribution in [0.4, 0.5) is 5.69 Å². The standard InChI is InChI=1S/C14H21N3O5S.ClH/c1-22-12-4-5-14(13(9-12)17(18)19)23(20,21)16-8-6-11-3-2-7-15-10-11;/h4-5,9,11,15-16H,2-3,6-8,10H2,1H3;1H. The Morgan fingerprint density at radius 3 is 2.79 bits per heavy atom. The van der Waals surface area contributed by atoms with E-state index < -0.39 is 20.6 Å². The second-order valence-corrected chi connectivity index (χ2v) is 7.22. The van der Waals surface area contributed by atoms with Gasteiger partial charge in [-0.1, -0.05) is 0 Å². The van der Waals surface area contributed by atoms with E-state index >= 15 is 0 Å². The maximum atomic E-state index is 12.3. The van der Waals surface area contributed by atoms with Crippen LogP contribution < -0.4 is 14.8 Å². The molecular weight excluding hydrogens is 358 g/mol. The highest BCUT2D eigenvalue weighted by Crippen LogP contribution is 2.28. The van der Waals surface area contributed by atoms with Gasteiger partial charge >= 0.3 is 0 Å². The number of piperidine rings is 1. The van der Waals surface area contributed by atoms with Crippen molar-refractivity contribution >= 4 is 28.1 Å². The SMILES string of the molecule is COc1ccc(S(=O)(=O)NCCC2CCCNC2)c([N+](=O)[O-])c1.Cl. The Bertz CT molecular complexity index is 662. The molecule has 0 aromatic heterocycles. The van der Waals surface area contributed by atoms with Crippen LogP contribution in [0.3, 0.4) is 0 Å². The third-order valence-corrected chi connectivity index (χ3v) is 5.40. The first kappa shape index (κ1) is 20.6. The molecule has 0 aliphatic carbocycles. The van der Waals surface area contributed by atoms with Crippen molar-refractivity contribution in [3.63, 3.8) is 0 Å². The number of methoxy groups -OCH3 is 1. The molecular formula is C14H22ClN3O5S. The predicted octanol–water partition coefficient (Wildman–Crippen LogP) is 1.69. The van der Waals surface area contributed by atoms with Gasteiger partial charge in [0.05, 0.1) is 18.1 Å². The molecule has 2 N–H and O–H groups in total. The van der Waals surface area contributed by atoms with Gasteiger partial charge in [0.2, 0.25) is 10.0 Å². The summed E-state index contributed by atoms with van der Waals surface area (Å²) in [6, 6.07) is 3.70. The van der Waals surface area contributed by atoms with Crippen LogP contribution in [-0.4, -0.2) is 40.1 Å². The summed E-state index contributed by atoms with van der Waals surface area (Å²) in [5.41, 5.74) is -0.490. The van der Waals surface area contributed by atoms with Crippen LogP contribution in [-0.2, 0) is 10.0 Å². The lowest BCUT2D eigenvalue weighted by molar-refractivity contribution is -0.387. The third-order valence-electron chi connectivity index (χ3n) is 3.90. The van der Waals surface area contributed by atoms with E-state index in [1.807, 2.05) is 0 Å². The van der Waals surface area contributed by atoms with Gasteiger partial charge in [-0.2, -0.15) is 0 Å². The number of ether oxygens (including phenoxy) is 1. The van der Waals surface area contributed by atoms with Crippen molar-refractivity contribution in [2.45, 2.75) is 24.2 Å². The lowest BCUT2D eigenvalue weighted by Crippen LogP contribution is -2.33. The summed E-state index contributed by atoms with van der Waals surface area (Å²) in [7, 11) is -2.56. The van der Waals surface area contributed by atoms with E-state index in [-0.39, 0.29) is 29.6 Å². The number of rotatable bonds is 7. The van der Waals surface area contributed by atoms with Gasteiger partial charge in [0.25, 0.3) is 5.69 Å². The quantitative estimate of drug-likeness (QED) is 0.551. The van der Waals surface area contributed by atoms with E-state index in [2.05, 4.69) is 10.0 Å². The molecule has 8 nitrogen and oxygen atoms in total. The Balaban J connectivity index is 0.00000288. The fraction of sp³-hybridized carbons (Fsp3) is 0.571. The molecule has 24 heavy (non-hydrogen) atoms. The number of nitro benzene ring substituents is 1. The highest BCUT2D eigenvalue weighted by atomic mass is 35.5. The number of nitrogens with one attached hydrogen (secondary N) is 2. The Kier molecular flexibility index (Phi) is 7.88. The van der Waals surface area contributed by atoms with Crippen LogP contribution in [0.2, 0.25) is 0 Å². The molecule has 1 aromatic carbocycles. The largest absolute Gasteiger partial charge is 0.497 e. The second kappa shape index (κ2) is 9.16. The van der Waals surface area contributed by atoms with Crippen molar-refractivity contribution in [1.29, 1.82) is 0 Å². The lowest BCUT2D eigenvalue weighted by atomic mass is 9.96. The maximum Gasteiger partial charge on any atom is 0.293 e. The number of sulfonamides is 1. The van der Waals surface area contributed by atoms with Gasteiger partial charge in [-0.15, -0.1) is 12.4 Å². The van der Waals surface area contributed by atoms with Gasteiger partial charge in [-0.3, -0.25) is 10.1 Å². The second-order valence-electron chi connectivity index (χ2n) is 5.49. The number of hydrogen-bond donors (Lipinski definition) is 2. The molecule has 0 amide bonds. The van der Waals surface area contributed by atoms with E-state index in [0.717, 1.165) is 32.0 Å². The van der Waals surface area contributed by atoms with E-state index in [1.54, 1.807) is 0 Å². The Hall–Kier alpha value is -1.42. The van der Waals surface area contributed by atoms with Gasteiger partial charge in [0.1, 0.15) is 5.75 Å². The number of nitrogens with zero attached hydrogens (tertiary/aromatic N) is 1. The fourth-order valence-corrected chi connectivity index (χ4v) is 3.84. The monoisotopic (exact) mass is 379 g/mol. The van der Waals surface area contributed by atoms with Gasteiger partial charge in [-0.05, 0) is 50.4 Å². The van der Waals surface area contributed by atoms with E-state index in [1.165, 1.54) is 19.2 Å². The predicted molar refractivity (Wildman–Crippen MR) is 92.3 cm³/mol. The molecule has 2 rings (SSSR count). The van der Waals surface area contributed by atoms with Crippen LogP contribution in [0.1, 0.15) is 19.3 Å². The summed E-state index contributed by atoms with van der Waals surface area (Å²) in [5.74, 6) is 0.668. The molecule has 136 valence electrons. The van der Waals surface area contributed by atoms with Crippen LogP contribution in [0, 0.1) is 16.0 Å². The van der Waals surface area contributed by atoms with Crippen molar-refractivity contribution in [2.75, 3.05) is 26.7 Å². The molecule has 0 bridgehead atoms. The van der Waals surface area contributed by atoms with Gasteiger partial charge in [0, 0.05) is 6.54 Å². The summed E-state index contributed by atoms with van der Waals surface area (Å²) in [6.45, 7) is 2.14. The Labute approximate surface area is 147 Å². The summed E-state index contributed by atoms with van der Waals surface area (Å²) in [4.78, 5) is 10.0. The van der Waals surface area contributed by atoms with Gasteiger partial charge < -0.3 is 10.1 Å². The average molecular weight is 380 g/mol. The highest BCUT2D eigenvalue weighted by molar-refractivity contribution is 7.89. The van der Waals surface area contributed by atoms with Crippen molar-refractivity contribution in [3.8, 4) is 5.75 Å². The molecule has 1 saturated heterocycles. The summed E-state index contributed by atoms with van der Waals surface area (Å²) < 4.78 is 32.0. The van der Waals surface area contributed by atoms with E-state index in [0.29, 0.717) is 12.3 Å². The average Bonchev–Trinajstić information content (AvgIpc) is 2.55. The minimum Gasteiger partial charge on any atom is -0.497 e. The number of hydrogen-bond acceptors (Lipinski definition) is 6. The normalized spacial score (nSPS) is 17.8. The van der Waals surface area contributed by atoms with Crippen molar-refractivity contribution in [2.24, 2.45) is 5.92 Å². The van der Waals surface area contributed by atoms with Crippen LogP contribution in [0.25, 0.3) is 0 Å². The van der Waals surface area contributed by atoms with Gasteiger partial charge in [-0.25, -0.2) is 13.1 Å². The molecule has 0 spiro atoms. The van der Waals surface area contributed by atoms with Gasteiger partial charge in [0.15, 0.2) is 4.90 Å². The zero-order valence-corrected chi connectivity index (χ0v) is 15.0. The molecule has 1 fully saturated rings. The zero-order chi connectivity index (χ0) is 16.9. The van der Waals surface area contributed by atoms with Crippen LogP contribution in [0.5, 0.6) is 5.75 Å². The van der Waals surface area contributed by atoms with E-state index in [9.17, 15) is 18.5 Å². The highest BCUT2D eigenvalue weighted by Gasteiger charge is 2.26. The molecule has 1 atom stereocenters. The van der Waals surface area contributed by atoms with Crippen molar-refractivity contribution in [1.82, 2.24) is 10.0 Å². The molecule has 0 saturated carbocycles. The topological polar surface area (TPSA) is 111 Å². The molecule has 1 heterocycles. The first-order chi connectivity index (χ1) is 10.9. The first-order valence-electron chi connectivity index (χ1n) is 7.47. The minimum atomic E-state index is -3.93. The smallest absolute Gasteiger partial charge is 0.293 e. The Morgan fingerprint density at radius 2 is 2.21 bits per heavy atom. The zero-order valence-electron chi connectivity index (χ0n) is 13.4. The lowest BCUT2D eigenvalue weighted by Gasteiger charge is -2.22. The maximum absolute atomic E-state index is 12.3. The minimum absolute atomic E-state index is 0.